The minimum atomic E-state index is -0.530. The molecule has 2 N–H and O–H groups in total. The number of carbonyl (C=O) groups is 2. The van der Waals surface area contributed by atoms with Crippen LogP contribution in [0.2, 0.25) is 5.15 Å². The standard InChI is InChI=1S/C20H22ClN5O3/c1-3-4-11-26-20(21)17(14(2)25-26)9-10-18(27)23-24-19(28)13-29-16-7-5-15(12-22)6-8-16/h5-10H,3-4,11,13H2,1-2H3,(H,23,27)(H,24,28). The Balaban J connectivity index is 1.80. The van der Waals surface area contributed by atoms with Crippen molar-refractivity contribution in [3.8, 4) is 11.8 Å². The number of benzene rings is 1. The van der Waals surface area contributed by atoms with Crippen LogP contribution in [-0.2, 0) is 16.1 Å². The van der Waals surface area contributed by atoms with Crippen molar-refractivity contribution in [2.45, 2.75) is 33.2 Å². The fourth-order valence-corrected chi connectivity index (χ4v) is 2.68. The van der Waals surface area contributed by atoms with Crippen LogP contribution in [0.25, 0.3) is 6.08 Å². The Morgan fingerprint density at radius 3 is 2.69 bits per heavy atom. The summed E-state index contributed by atoms with van der Waals surface area (Å²) in [6.45, 7) is 4.32. The molecule has 29 heavy (non-hydrogen) atoms. The lowest BCUT2D eigenvalue weighted by molar-refractivity contribution is -0.128. The lowest BCUT2D eigenvalue weighted by atomic mass is 10.2. The van der Waals surface area contributed by atoms with Crippen LogP contribution in [0.5, 0.6) is 5.75 Å². The molecule has 2 aromatic rings. The van der Waals surface area contributed by atoms with Crippen LogP contribution in [0, 0.1) is 18.3 Å². The third kappa shape index (κ3) is 6.66. The molecule has 0 saturated carbocycles. The Bertz CT molecular complexity index is 929. The van der Waals surface area contributed by atoms with Crippen LogP contribution in [0.3, 0.4) is 0 Å². The van der Waals surface area contributed by atoms with E-state index < -0.39 is 11.8 Å². The number of carbonyl (C=O) groups excluding carboxylic acids is 2. The fourth-order valence-electron chi connectivity index (χ4n) is 2.36. The summed E-state index contributed by atoms with van der Waals surface area (Å²) >= 11 is 6.31. The van der Waals surface area contributed by atoms with Gasteiger partial charge in [-0.3, -0.25) is 25.1 Å². The van der Waals surface area contributed by atoms with Crippen molar-refractivity contribution in [3.05, 3.63) is 52.3 Å². The number of aromatic nitrogens is 2. The molecule has 152 valence electrons. The number of hydrogen-bond donors (Lipinski definition) is 2. The van der Waals surface area contributed by atoms with E-state index in [2.05, 4.69) is 22.9 Å². The minimum absolute atomic E-state index is 0.287. The molecule has 0 aliphatic rings. The summed E-state index contributed by atoms with van der Waals surface area (Å²) < 4.78 is 6.98. The first kappa shape index (κ1) is 22.0. The van der Waals surface area contributed by atoms with Gasteiger partial charge in [0.1, 0.15) is 10.9 Å². The van der Waals surface area contributed by atoms with Gasteiger partial charge in [-0.25, -0.2) is 0 Å². The molecular weight excluding hydrogens is 394 g/mol. The summed E-state index contributed by atoms with van der Waals surface area (Å²) in [5, 5.41) is 13.6. The second-order valence-electron chi connectivity index (χ2n) is 6.16. The van der Waals surface area contributed by atoms with Crippen molar-refractivity contribution in [3.63, 3.8) is 0 Å². The van der Waals surface area contributed by atoms with Crippen molar-refractivity contribution >= 4 is 29.5 Å². The topological polar surface area (TPSA) is 109 Å². The second kappa shape index (κ2) is 10.9. The number of ether oxygens (including phenoxy) is 1. The molecule has 0 radical (unpaired) electrons. The third-order valence-corrected chi connectivity index (χ3v) is 4.31. The highest BCUT2D eigenvalue weighted by Crippen LogP contribution is 2.21. The molecule has 8 nitrogen and oxygen atoms in total. The Labute approximate surface area is 174 Å². The van der Waals surface area contributed by atoms with E-state index >= 15 is 0 Å². The third-order valence-electron chi connectivity index (χ3n) is 3.91. The quantitative estimate of drug-likeness (QED) is 0.509. The molecule has 0 unspecified atom stereocenters. The zero-order valence-electron chi connectivity index (χ0n) is 16.2. The van der Waals surface area contributed by atoms with Gasteiger partial charge in [0.25, 0.3) is 11.8 Å². The van der Waals surface area contributed by atoms with Crippen molar-refractivity contribution in [1.82, 2.24) is 20.6 Å². The Kier molecular flexibility index (Phi) is 8.25. The maximum absolute atomic E-state index is 11.9. The number of amides is 2. The lowest BCUT2D eigenvalue weighted by Gasteiger charge is -2.07. The van der Waals surface area contributed by atoms with Crippen LogP contribution < -0.4 is 15.6 Å². The molecule has 1 aromatic carbocycles. The highest BCUT2D eigenvalue weighted by atomic mass is 35.5. The van der Waals surface area contributed by atoms with Crippen LogP contribution in [0.4, 0.5) is 0 Å². The normalized spacial score (nSPS) is 10.6. The van der Waals surface area contributed by atoms with Crippen molar-refractivity contribution in [1.29, 1.82) is 5.26 Å². The average Bonchev–Trinajstić information content (AvgIpc) is 3.00. The van der Waals surface area contributed by atoms with Gasteiger partial charge in [0.2, 0.25) is 0 Å². The average molecular weight is 416 g/mol. The lowest BCUT2D eigenvalue weighted by Crippen LogP contribution is -2.43. The van der Waals surface area contributed by atoms with E-state index in [0.29, 0.717) is 28.6 Å². The molecule has 9 heteroatoms. The summed E-state index contributed by atoms with van der Waals surface area (Å²) in [5.74, 6) is -0.609. The highest BCUT2D eigenvalue weighted by molar-refractivity contribution is 6.31. The smallest absolute Gasteiger partial charge is 0.276 e. The van der Waals surface area contributed by atoms with E-state index in [1.807, 2.05) is 13.0 Å². The van der Waals surface area contributed by atoms with E-state index in [9.17, 15) is 9.59 Å². The van der Waals surface area contributed by atoms with Crippen molar-refractivity contribution in [2.75, 3.05) is 6.61 Å². The molecule has 2 rings (SSSR count). The summed E-state index contributed by atoms with van der Waals surface area (Å²) in [6.07, 6.45) is 4.81. The number of unbranched alkanes of at least 4 members (excludes halogenated alkanes) is 1. The largest absolute Gasteiger partial charge is 0.484 e. The molecule has 0 aliphatic carbocycles. The van der Waals surface area contributed by atoms with Crippen molar-refractivity contribution < 1.29 is 14.3 Å². The molecule has 0 fully saturated rings. The van der Waals surface area contributed by atoms with Gasteiger partial charge < -0.3 is 4.74 Å². The molecule has 1 heterocycles. The number of aryl methyl sites for hydroxylation is 2. The summed E-state index contributed by atoms with van der Waals surface area (Å²) in [7, 11) is 0. The number of rotatable bonds is 8. The van der Waals surface area contributed by atoms with Gasteiger partial charge in [0.15, 0.2) is 6.61 Å². The summed E-state index contributed by atoms with van der Waals surface area (Å²) in [4.78, 5) is 23.7. The first-order valence-electron chi connectivity index (χ1n) is 9.07. The summed E-state index contributed by atoms with van der Waals surface area (Å²) in [5.41, 5.74) is 6.39. The van der Waals surface area contributed by atoms with E-state index in [-0.39, 0.29) is 6.61 Å². The van der Waals surface area contributed by atoms with Crippen LogP contribution in [0.15, 0.2) is 30.3 Å². The number of hydrogen-bond acceptors (Lipinski definition) is 5. The fraction of sp³-hybridized carbons (Fsp3) is 0.300. The van der Waals surface area contributed by atoms with E-state index in [1.54, 1.807) is 35.0 Å². The number of nitriles is 1. The van der Waals surface area contributed by atoms with Gasteiger partial charge in [0.05, 0.1) is 17.3 Å². The number of nitrogens with zero attached hydrogens (tertiary/aromatic N) is 3. The Morgan fingerprint density at radius 1 is 1.31 bits per heavy atom. The molecule has 0 bridgehead atoms. The van der Waals surface area contributed by atoms with Gasteiger partial charge in [-0.05, 0) is 43.7 Å². The monoisotopic (exact) mass is 415 g/mol. The predicted molar refractivity (Wildman–Crippen MR) is 109 cm³/mol. The van der Waals surface area contributed by atoms with Gasteiger partial charge >= 0.3 is 0 Å². The van der Waals surface area contributed by atoms with Gasteiger partial charge in [-0.1, -0.05) is 24.9 Å². The van der Waals surface area contributed by atoms with Gasteiger partial charge in [-0.2, -0.15) is 10.4 Å². The molecule has 0 spiro atoms. The molecular formula is C20H22ClN5O3. The van der Waals surface area contributed by atoms with Gasteiger partial charge in [-0.15, -0.1) is 0 Å². The van der Waals surface area contributed by atoms with E-state index in [4.69, 9.17) is 21.6 Å². The molecule has 0 aliphatic heterocycles. The zero-order chi connectivity index (χ0) is 21.2. The predicted octanol–water partition coefficient (Wildman–Crippen LogP) is 2.76. The van der Waals surface area contributed by atoms with Crippen LogP contribution in [0.1, 0.15) is 36.6 Å². The Hall–Kier alpha value is -3.31. The molecule has 0 atom stereocenters. The van der Waals surface area contributed by atoms with Gasteiger partial charge in [0, 0.05) is 18.2 Å². The summed E-state index contributed by atoms with van der Waals surface area (Å²) in [6, 6.07) is 8.32. The maximum Gasteiger partial charge on any atom is 0.276 e. The SMILES string of the molecule is CCCCn1nc(C)c(C=CC(=O)NNC(=O)COc2ccc(C#N)cc2)c1Cl. The van der Waals surface area contributed by atoms with Crippen molar-refractivity contribution in [2.24, 2.45) is 0 Å². The second-order valence-corrected chi connectivity index (χ2v) is 6.52. The molecule has 1 aromatic heterocycles. The highest BCUT2D eigenvalue weighted by Gasteiger charge is 2.11. The van der Waals surface area contributed by atoms with Crippen LogP contribution >= 0.6 is 11.6 Å². The van der Waals surface area contributed by atoms with Crippen LogP contribution in [-0.4, -0.2) is 28.2 Å². The number of nitrogens with one attached hydrogen (secondary N) is 2. The zero-order valence-corrected chi connectivity index (χ0v) is 17.0. The van der Waals surface area contributed by atoms with E-state index in [1.165, 1.54) is 6.08 Å². The first-order chi connectivity index (χ1) is 13.9. The molecule has 2 amide bonds. The number of hydrazine groups is 1. The Morgan fingerprint density at radius 2 is 2.03 bits per heavy atom. The first-order valence-corrected chi connectivity index (χ1v) is 9.45. The number of halogens is 1. The minimum Gasteiger partial charge on any atom is -0.484 e. The maximum atomic E-state index is 11.9. The molecule has 0 saturated heterocycles. The van der Waals surface area contributed by atoms with E-state index in [0.717, 1.165) is 18.5 Å².